The fourth-order valence-corrected chi connectivity index (χ4v) is 2.83. The molecule has 1 N–H and O–H groups in total. The molecule has 3 nitrogen and oxygen atoms in total. The van der Waals surface area contributed by atoms with E-state index in [0.29, 0.717) is 5.37 Å². The van der Waals surface area contributed by atoms with Gasteiger partial charge in [0, 0.05) is 12.4 Å². The molecule has 13 heavy (non-hydrogen) atoms. The van der Waals surface area contributed by atoms with Gasteiger partial charge in [0.2, 0.25) is 0 Å². The summed E-state index contributed by atoms with van der Waals surface area (Å²) < 4.78 is 5.40. The molecule has 1 unspecified atom stereocenters. The van der Waals surface area contributed by atoms with Gasteiger partial charge in [-0.25, -0.2) is 0 Å². The Kier molecular flexibility index (Phi) is 3.91. The smallest absolute Gasteiger partial charge is 0.0783 e. The van der Waals surface area contributed by atoms with E-state index in [0.717, 1.165) is 19.8 Å². The van der Waals surface area contributed by atoms with E-state index in [9.17, 15) is 0 Å². The molecule has 1 atom stereocenters. The Morgan fingerprint density at radius 3 is 2.92 bits per heavy atom. The average Bonchev–Trinajstić information content (AvgIpc) is 2.69. The molecule has 0 bridgehead atoms. The molecule has 2 aliphatic heterocycles. The standard InChI is InChI=1S/C9H18N2OS/c1-2-5-11(4-1)8-13-9-7-12-6-3-10-9/h9-10H,1-8H2. The van der Waals surface area contributed by atoms with Crippen LogP contribution in [0.5, 0.6) is 0 Å². The maximum absolute atomic E-state index is 5.40. The van der Waals surface area contributed by atoms with E-state index in [4.69, 9.17) is 4.74 Å². The summed E-state index contributed by atoms with van der Waals surface area (Å²) in [7, 11) is 0. The summed E-state index contributed by atoms with van der Waals surface area (Å²) in [5, 5.41) is 3.98. The van der Waals surface area contributed by atoms with Crippen LogP contribution < -0.4 is 5.32 Å². The number of likely N-dealkylation sites (tertiary alicyclic amines) is 1. The van der Waals surface area contributed by atoms with Crippen LogP contribution in [0.4, 0.5) is 0 Å². The maximum Gasteiger partial charge on any atom is 0.0783 e. The van der Waals surface area contributed by atoms with Crippen LogP contribution in [0.1, 0.15) is 12.8 Å². The van der Waals surface area contributed by atoms with E-state index in [1.165, 1.54) is 31.8 Å². The Hall–Kier alpha value is 0.230. The van der Waals surface area contributed by atoms with Crippen LogP contribution in [0.25, 0.3) is 0 Å². The number of hydrogen-bond donors (Lipinski definition) is 1. The molecule has 0 saturated carbocycles. The first-order valence-corrected chi connectivity index (χ1v) is 6.15. The van der Waals surface area contributed by atoms with Gasteiger partial charge < -0.3 is 10.1 Å². The van der Waals surface area contributed by atoms with Gasteiger partial charge in [0.05, 0.1) is 18.6 Å². The molecule has 0 spiro atoms. The van der Waals surface area contributed by atoms with Gasteiger partial charge in [0.25, 0.3) is 0 Å². The number of thioether (sulfide) groups is 1. The molecular formula is C9H18N2OS. The molecule has 2 fully saturated rings. The summed E-state index contributed by atoms with van der Waals surface area (Å²) >= 11 is 1.98. The molecule has 0 amide bonds. The third kappa shape index (κ3) is 3.13. The highest BCUT2D eigenvalue weighted by Gasteiger charge is 2.16. The lowest BCUT2D eigenvalue weighted by atomic mass is 10.4. The summed E-state index contributed by atoms with van der Waals surface area (Å²) in [5.41, 5.74) is 0. The summed E-state index contributed by atoms with van der Waals surface area (Å²) in [6.45, 7) is 5.35. The number of hydrogen-bond acceptors (Lipinski definition) is 4. The normalized spacial score (nSPS) is 30.9. The molecule has 2 rings (SSSR count). The monoisotopic (exact) mass is 202 g/mol. The molecular weight excluding hydrogens is 184 g/mol. The lowest BCUT2D eigenvalue weighted by Gasteiger charge is -2.25. The summed E-state index contributed by atoms with van der Waals surface area (Å²) in [5.74, 6) is 1.17. The van der Waals surface area contributed by atoms with Gasteiger partial charge in [-0.3, -0.25) is 4.90 Å². The molecule has 0 aromatic rings. The minimum Gasteiger partial charge on any atom is -0.378 e. The zero-order chi connectivity index (χ0) is 8.93. The van der Waals surface area contributed by atoms with Gasteiger partial charge in [0.1, 0.15) is 0 Å². The zero-order valence-electron chi connectivity index (χ0n) is 8.00. The quantitative estimate of drug-likeness (QED) is 0.729. The van der Waals surface area contributed by atoms with Crippen molar-refractivity contribution in [2.24, 2.45) is 0 Å². The van der Waals surface area contributed by atoms with Crippen molar-refractivity contribution in [1.29, 1.82) is 0 Å². The first-order chi connectivity index (χ1) is 6.45. The minimum absolute atomic E-state index is 0.523. The Morgan fingerprint density at radius 1 is 1.38 bits per heavy atom. The predicted octanol–water partition coefficient (Wildman–Crippen LogP) is 0.719. The van der Waals surface area contributed by atoms with Gasteiger partial charge in [-0.1, -0.05) is 0 Å². The minimum atomic E-state index is 0.523. The first-order valence-electron chi connectivity index (χ1n) is 5.10. The van der Waals surface area contributed by atoms with Gasteiger partial charge in [0.15, 0.2) is 0 Å². The Balaban J connectivity index is 1.60. The van der Waals surface area contributed by atoms with Crippen LogP contribution in [0.2, 0.25) is 0 Å². The van der Waals surface area contributed by atoms with E-state index in [1.807, 2.05) is 11.8 Å². The highest BCUT2D eigenvalue weighted by atomic mass is 32.2. The predicted molar refractivity (Wildman–Crippen MR) is 55.9 cm³/mol. The number of ether oxygens (including phenoxy) is 1. The van der Waals surface area contributed by atoms with Crippen LogP contribution in [-0.4, -0.2) is 49.0 Å². The van der Waals surface area contributed by atoms with Crippen molar-refractivity contribution >= 4 is 11.8 Å². The molecule has 0 radical (unpaired) electrons. The SMILES string of the molecule is C1CCN(CSC2COCCN2)C1. The van der Waals surface area contributed by atoms with E-state index in [1.54, 1.807) is 0 Å². The van der Waals surface area contributed by atoms with E-state index in [-0.39, 0.29) is 0 Å². The number of nitrogens with one attached hydrogen (secondary N) is 1. The second-order valence-electron chi connectivity index (χ2n) is 3.64. The van der Waals surface area contributed by atoms with Crippen LogP contribution in [0.15, 0.2) is 0 Å². The fourth-order valence-electron chi connectivity index (χ4n) is 1.76. The van der Waals surface area contributed by atoms with Gasteiger partial charge in [-0.15, -0.1) is 11.8 Å². The average molecular weight is 202 g/mol. The van der Waals surface area contributed by atoms with Crippen molar-refractivity contribution < 1.29 is 4.74 Å². The second-order valence-corrected chi connectivity index (χ2v) is 4.80. The van der Waals surface area contributed by atoms with Gasteiger partial charge in [-0.2, -0.15) is 0 Å². The molecule has 0 aliphatic carbocycles. The third-order valence-electron chi connectivity index (χ3n) is 2.54. The van der Waals surface area contributed by atoms with E-state index in [2.05, 4.69) is 10.2 Å². The third-order valence-corrected chi connectivity index (χ3v) is 3.76. The Morgan fingerprint density at radius 2 is 2.23 bits per heavy atom. The molecule has 0 aromatic carbocycles. The fraction of sp³-hybridized carbons (Fsp3) is 1.00. The highest BCUT2D eigenvalue weighted by Crippen LogP contribution is 2.16. The number of nitrogens with zero attached hydrogens (tertiary/aromatic N) is 1. The summed E-state index contributed by atoms with van der Waals surface area (Å²) in [4.78, 5) is 2.53. The number of rotatable bonds is 3. The molecule has 76 valence electrons. The summed E-state index contributed by atoms with van der Waals surface area (Å²) in [6, 6.07) is 0. The lowest BCUT2D eigenvalue weighted by Crippen LogP contribution is -2.40. The topological polar surface area (TPSA) is 24.5 Å². The lowest BCUT2D eigenvalue weighted by molar-refractivity contribution is 0.100. The molecule has 2 aliphatic rings. The Labute approximate surface area is 84.2 Å². The molecule has 2 saturated heterocycles. The number of morpholine rings is 1. The first kappa shape index (κ1) is 9.77. The van der Waals surface area contributed by atoms with Crippen LogP contribution in [0, 0.1) is 0 Å². The van der Waals surface area contributed by atoms with Crippen LogP contribution in [0.3, 0.4) is 0 Å². The molecule has 2 heterocycles. The van der Waals surface area contributed by atoms with Gasteiger partial charge in [-0.05, 0) is 25.9 Å². The summed E-state index contributed by atoms with van der Waals surface area (Å²) in [6.07, 6.45) is 2.77. The van der Waals surface area contributed by atoms with Gasteiger partial charge >= 0.3 is 0 Å². The van der Waals surface area contributed by atoms with Crippen molar-refractivity contribution in [2.45, 2.75) is 18.2 Å². The maximum atomic E-state index is 5.40. The zero-order valence-corrected chi connectivity index (χ0v) is 8.81. The van der Waals surface area contributed by atoms with Crippen molar-refractivity contribution in [3.05, 3.63) is 0 Å². The highest BCUT2D eigenvalue weighted by molar-refractivity contribution is 7.99. The van der Waals surface area contributed by atoms with Crippen molar-refractivity contribution in [2.75, 3.05) is 38.7 Å². The van der Waals surface area contributed by atoms with E-state index < -0.39 is 0 Å². The second kappa shape index (κ2) is 5.20. The van der Waals surface area contributed by atoms with E-state index >= 15 is 0 Å². The Bertz CT molecular complexity index is 145. The van der Waals surface area contributed by atoms with Crippen LogP contribution >= 0.6 is 11.8 Å². The van der Waals surface area contributed by atoms with Crippen molar-refractivity contribution in [3.8, 4) is 0 Å². The van der Waals surface area contributed by atoms with Crippen molar-refractivity contribution in [3.63, 3.8) is 0 Å². The largest absolute Gasteiger partial charge is 0.378 e. The van der Waals surface area contributed by atoms with Crippen LogP contribution in [-0.2, 0) is 4.74 Å². The van der Waals surface area contributed by atoms with Crippen molar-refractivity contribution in [1.82, 2.24) is 10.2 Å². The molecule has 4 heteroatoms. The molecule has 0 aromatic heterocycles.